The third-order valence-corrected chi connectivity index (χ3v) is 4.12. The average Bonchev–Trinajstić information content (AvgIpc) is 2.61. The molecule has 0 saturated heterocycles. The molecule has 25 heavy (non-hydrogen) atoms. The van der Waals surface area contributed by atoms with Gasteiger partial charge in [0, 0.05) is 12.1 Å². The summed E-state index contributed by atoms with van der Waals surface area (Å²) in [4.78, 5) is 12.1. The Labute approximate surface area is 148 Å². The molecule has 5 heteroatoms. The van der Waals surface area contributed by atoms with Crippen LogP contribution < -0.4 is 10.1 Å². The fraction of sp³-hybridized carbons (Fsp3) is 0.350. The number of amides is 1. The summed E-state index contributed by atoms with van der Waals surface area (Å²) in [5.41, 5.74) is 4.81. The Hall–Kier alpha value is -2.37. The van der Waals surface area contributed by atoms with Crippen LogP contribution in [-0.2, 0) is 0 Å². The van der Waals surface area contributed by atoms with Gasteiger partial charge < -0.3 is 20.3 Å². The molecule has 0 fully saturated rings. The van der Waals surface area contributed by atoms with E-state index in [2.05, 4.69) is 17.4 Å². The minimum atomic E-state index is -0.802. The number of ether oxygens (including phenoxy) is 1. The monoisotopic (exact) mass is 343 g/mol. The highest BCUT2D eigenvalue weighted by atomic mass is 16.5. The number of benzene rings is 2. The van der Waals surface area contributed by atoms with E-state index in [1.807, 2.05) is 26.0 Å². The molecule has 3 N–H and O–H groups in total. The van der Waals surface area contributed by atoms with E-state index < -0.39 is 6.10 Å². The normalized spacial score (nSPS) is 11.9. The quantitative estimate of drug-likeness (QED) is 0.721. The van der Waals surface area contributed by atoms with Crippen molar-refractivity contribution in [3.63, 3.8) is 0 Å². The zero-order chi connectivity index (χ0) is 18.4. The molecule has 0 aliphatic heterocycles. The largest absolute Gasteiger partial charge is 0.496 e. The molecule has 2 rings (SSSR count). The van der Waals surface area contributed by atoms with Crippen LogP contribution in [0, 0.1) is 13.8 Å². The van der Waals surface area contributed by atoms with Crippen molar-refractivity contribution in [1.29, 1.82) is 0 Å². The number of aliphatic hydroxyl groups is 2. The number of nitrogens with one attached hydrogen (secondary N) is 1. The lowest BCUT2D eigenvalue weighted by Crippen LogP contribution is -2.28. The van der Waals surface area contributed by atoms with Crippen molar-refractivity contribution in [2.75, 3.05) is 20.3 Å². The summed E-state index contributed by atoms with van der Waals surface area (Å²) in [5.74, 6) is 0.698. The van der Waals surface area contributed by atoms with Gasteiger partial charge >= 0.3 is 0 Å². The van der Waals surface area contributed by atoms with Crippen LogP contribution in [0.5, 0.6) is 5.75 Å². The van der Waals surface area contributed by atoms with Gasteiger partial charge in [-0.2, -0.15) is 0 Å². The molecular formula is C20H25NO4. The molecule has 0 aromatic heterocycles. The van der Waals surface area contributed by atoms with Gasteiger partial charge in [-0.1, -0.05) is 12.1 Å². The van der Waals surface area contributed by atoms with E-state index in [0.717, 1.165) is 28.0 Å². The second kappa shape index (κ2) is 8.65. The zero-order valence-corrected chi connectivity index (χ0v) is 14.9. The van der Waals surface area contributed by atoms with Gasteiger partial charge in [-0.05, 0) is 66.8 Å². The lowest BCUT2D eigenvalue weighted by atomic mass is 9.98. The van der Waals surface area contributed by atoms with Crippen LogP contribution in [-0.4, -0.2) is 42.5 Å². The highest BCUT2D eigenvalue weighted by Gasteiger charge is 2.09. The lowest BCUT2D eigenvalue weighted by Gasteiger charge is -2.12. The molecule has 0 saturated carbocycles. The van der Waals surface area contributed by atoms with Crippen molar-refractivity contribution in [2.24, 2.45) is 0 Å². The van der Waals surface area contributed by atoms with E-state index in [-0.39, 0.29) is 12.5 Å². The number of aryl methyl sites for hydroxylation is 2. The van der Waals surface area contributed by atoms with Crippen LogP contribution in [0.25, 0.3) is 11.1 Å². The molecule has 0 heterocycles. The summed E-state index contributed by atoms with van der Waals surface area (Å²) < 4.78 is 5.39. The third kappa shape index (κ3) is 4.81. The van der Waals surface area contributed by atoms with Gasteiger partial charge in [0.25, 0.3) is 5.91 Å². The fourth-order valence-corrected chi connectivity index (χ4v) is 2.80. The first kappa shape index (κ1) is 19.0. The number of aliphatic hydroxyl groups excluding tert-OH is 2. The number of carbonyl (C=O) groups is 1. The van der Waals surface area contributed by atoms with E-state index in [0.29, 0.717) is 18.5 Å². The summed E-state index contributed by atoms with van der Waals surface area (Å²) >= 11 is 0. The second-order valence-electron chi connectivity index (χ2n) is 6.10. The van der Waals surface area contributed by atoms with Crippen LogP contribution in [0.2, 0.25) is 0 Å². The Bertz CT molecular complexity index is 702. The number of carbonyl (C=O) groups excluding carboxylic acids is 1. The molecule has 0 unspecified atom stereocenters. The summed E-state index contributed by atoms with van der Waals surface area (Å²) in [6, 6.07) is 11.5. The Kier molecular flexibility index (Phi) is 6.56. The molecule has 134 valence electrons. The Morgan fingerprint density at radius 2 is 1.72 bits per heavy atom. The van der Waals surface area contributed by atoms with Gasteiger partial charge in [-0.3, -0.25) is 4.79 Å². The first-order valence-corrected chi connectivity index (χ1v) is 8.29. The predicted molar refractivity (Wildman–Crippen MR) is 97.9 cm³/mol. The van der Waals surface area contributed by atoms with Crippen LogP contribution in [0.1, 0.15) is 27.9 Å². The molecule has 0 aliphatic rings. The minimum Gasteiger partial charge on any atom is -0.496 e. The Balaban J connectivity index is 2.08. The molecule has 0 spiro atoms. The summed E-state index contributed by atoms with van der Waals surface area (Å²) in [6.07, 6.45) is -0.478. The van der Waals surface area contributed by atoms with Crippen LogP contribution >= 0.6 is 0 Å². The number of methoxy groups -OCH3 is 1. The molecule has 0 radical (unpaired) electrons. The summed E-state index contributed by atoms with van der Waals surface area (Å²) in [6.45, 7) is 4.04. The van der Waals surface area contributed by atoms with Crippen molar-refractivity contribution < 1.29 is 19.7 Å². The first-order valence-electron chi connectivity index (χ1n) is 8.29. The summed E-state index contributed by atoms with van der Waals surface area (Å²) in [7, 11) is 1.67. The van der Waals surface area contributed by atoms with Crippen LogP contribution in [0.15, 0.2) is 36.4 Å². The molecular weight excluding hydrogens is 318 g/mol. The molecule has 0 aliphatic carbocycles. The fourth-order valence-electron chi connectivity index (χ4n) is 2.80. The van der Waals surface area contributed by atoms with Crippen molar-refractivity contribution >= 4 is 5.91 Å². The Morgan fingerprint density at radius 3 is 2.24 bits per heavy atom. The SMILES string of the molecule is COc1c(C)cc(-c2ccc(C(=O)NCC[C@H](O)CO)cc2)cc1C. The van der Waals surface area contributed by atoms with Gasteiger partial charge in [0.15, 0.2) is 0 Å². The maximum atomic E-state index is 12.1. The second-order valence-corrected chi connectivity index (χ2v) is 6.10. The van der Waals surface area contributed by atoms with E-state index in [1.54, 1.807) is 19.2 Å². The van der Waals surface area contributed by atoms with Gasteiger partial charge in [0.05, 0.1) is 19.8 Å². The number of hydrogen-bond acceptors (Lipinski definition) is 4. The van der Waals surface area contributed by atoms with E-state index >= 15 is 0 Å². The van der Waals surface area contributed by atoms with Crippen molar-refractivity contribution in [1.82, 2.24) is 5.32 Å². The van der Waals surface area contributed by atoms with Crippen LogP contribution in [0.3, 0.4) is 0 Å². The standard InChI is InChI=1S/C20H25NO4/c1-13-10-17(11-14(2)19(13)25-3)15-4-6-16(7-5-15)20(24)21-9-8-18(23)12-22/h4-7,10-11,18,22-23H,8-9,12H2,1-3H3,(H,21,24)/t18-/m0/s1. The highest BCUT2D eigenvalue weighted by Crippen LogP contribution is 2.30. The molecule has 2 aromatic carbocycles. The maximum Gasteiger partial charge on any atom is 0.251 e. The van der Waals surface area contributed by atoms with E-state index in [1.165, 1.54) is 0 Å². The van der Waals surface area contributed by atoms with Gasteiger partial charge in [0.2, 0.25) is 0 Å². The minimum absolute atomic E-state index is 0.196. The van der Waals surface area contributed by atoms with E-state index in [9.17, 15) is 9.90 Å². The molecule has 1 amide bonds. The lowest BCUT2D eigenvalue weighted by molar-refractivity contribution is 0.0834. The number of hydrogen-bond donors (Lipinski definition) is 3. The van der Waals surface area contributed by atoms with Gasteiger partial charge in [-0.15, -0.1) is 0 Å². The Morgan fingerprint density at radius 1 is 1.12 bits per heavy atom. The average molecular weight is 343 g/mol. The molecule has 2 aromatic rings. The van der Waals surface area contributed by atoms with E-state index in [4.69, 9.17) is 9.84 Å². The highest BCUT2D eigenvalue weighted by molar-refractivity contribution is 5.94. The first-order chi connectivity index (χ1) is 12.0. The zero-order valence-electron chi connectivity index (χ0n) is 14.9. The molecule has 1 atom stereocenters. The van der Waals surface area contributed by atoms with Crippen molar-refractivity contribution in [3.05, 3.63) is 53.1 Å². The van der Waals surface area contributed by atoms with Crippen molar-refractivity contribution in [3.8, 4) is 16.9 Å². The van der Waals surface area contributed by atoms with Crippen molar-refractivity contribution in [2.45, 2.75) is 26.4 Å². The van der Waals surface area contributed by atoms with Gasteiger partial charge in [0.1, 0.15) is 5.75 Å². The predicted octanol–water partition coefficient (Wildman–Crippen LogP) is 2.45. The number of rotatable bonds is 7. The van der Waals surface area contributed by atoms with Gasteiger partial charge in [-0.25, -0.2) is 0 Å². The summed E-state index contributed by atoms with van der Waals surface area (Å²) in [5, 5.41) is 20.8. The third-order valence-electron chi connectivity index (χ3n) is 4.12. The maximum absolute atomic E-state index is 12.1. The molecule has 5 nitrogen and oxygen atoms in total. The smallest absolute Gasteiger partial charge is 0.251 e. The topological polar surface area (TPSA) is 78.8 Å². The molecule has 0 bridgehead atoms. The van der Waals surface area contributed by atoms with Crippen LogP contribution in [0.4, 0.5) is 0 Å².